The summed E-state index contributed by atoms with van der Waals surface area (Å²) in [6, 6.07) is 15.0. The van der Waals surface area contributed by atoms with Crippen LogP contribution in [0.3, 0.4) is 0 Å². The second-order valence-electron chi connectivity index (χ2n) is 7.80. The first kappa shape index (κ1) is 20.0. The third-order valence-corrected chi connectivity index (χ3v) is 6.69. The minimum Gasteiger partial charge on any atom is -0.330 e. The number of carbonyl (C=O) groups excluding carboxylic acids is 1. The van der Waals surface area contributed by atoms with Crippen molar-refractivity contribution in [3.63, 3.8) is 0 Å². The molecule has 1 aliphatic heterocycles. The molecular formula is C24H20Cl2N4O. The molecule has 0 saturated heterocycles. The van der Waals surface area contributed by atoms with Crippen molar-refractivity contribution in [2.45, 2.75) is 19.4 Å². The summed E-state index contributed by atoms with van der Waals surface area (Å²) < 4.78 is 1.87. The largest absolute Gasteiger partial charge is 0.330 e. The molecule has 7 heteroatoms. The fourth-order valence-corrected chi connectivity index (χ4v) is 4.70. The number of benzene rings is 2. The molecule has 2 aromatic heterocycles. The standard InChI is InChI=1S/C24H20Cl2N4O/c1-14-22-18(23(29(2)28-22)16-5-7-19(25)20(26)13-16)9-11-30(14)24(31)17-6-8-21-15(12-17)4-3-10-27-21/h3-8,10,12-14H,9,11H2,1-2H3/t14-/m0/s1. The smallest absolute Gasteiger partial charge is 0.254 e. The zero-order valence-corrected chi connectivity index (χ0v) is 18.7. The Kier molecular flexibility index (Phi) is 4.95. The van der Waals surface area contributed by atoms with Crippen LogP contribution < -0.4 is 0 Å². The highest BCUT2D eigenvalue weighted by Gasteiger charge is 2.33. The van der Waals surface area contributed by atoms with Gasteiger partial charge in [0.05, 0.1) is 33.0 Å². The van der Waals surface area contributed by atoms with E-state index in [2.05, 4.69) is 4.98 Å². The number of hydrogen-bond acceptors (Lipinski definition) is 3. The zero-order valence-electron chi connectivity index (χ0n) is 17.1. The molecule has 0 unspecified atom stereocenters. The van der Waals surface area contributed by atoms with Gasteiger partial charge in [-0.1, -0.05) is 35.3 Å². The molecule has 31 heavy (non-hydrogen) atoms. The lowest BCUT2D eigenvalue weighted by Crippen LogP contribution is -2.38. The third kappa shape index (κ3) is 3.38. The number of rotatable bonds is 2. The van der Waals surface area contributed by atoms with Gasteiger partial charge in [-0.3, -0.25) is 14.5 Å². The molecule has 0 fully saturated rings. The summed E-state index contributed by atoms with van der Waals surface area (Å²) >= 11 is 12.3. The average molecular weight is 451 g/mol. The van der Waals surface area contributed by atoms with Crippen molar-refractivity contribution in [3.8, 4) is 11.3 Å². The van der Waals surface area contributed by atoms with E-state index in [1.165, 1.54) is 0 Å². The van der Waals surface area contributed by atoms with Crippen LogP contribution in [-0.2, 0) is 13.5 Å². The van der Waals surface area contributed by atoms with Gasteiger partial charge < -0.3 is 4.90 Å². The van der Waals surface area contributed by atoms with E-state index in [4.69, 9.17) is 28.3 Å². The van der Waals surface area contributed by atoms with E-state index in [0.717, 1.165) is 39.8 Å². The van der Waals surface area contributed by atoms with Crippen LogP contribution in [0.5, 0.6) is 0 Å². The molecule has 0 bridgehead atoms. The summed E-state index contributed by atoms with van der Waals surface area (Å²) in [7, 11) is 1.92. The molecule has 0 saturated carbocycles. The Balaban J connectivity index is 1.49. The number of fused-ring (bicyclic) bond motifs is 2. The van der Waals surface area contributed by atoms with E-state index in [1.54, 1.807) is 12.3 Å². The molecule has 5 nitrogen and oxygen atoms in total. The second kappa shape index (κ2) is 7.66. The highest BCUT2D eigenvalue weighted by atomic mass is 35.5. The van der Waals surface area contributed by atoms with Crippen molar-refractivity contribution in [2.24, 2.45) is 7.05 Å². The predicted molar refractivity (Wildman–Crippen MR) is 124 cm³/mol. The van der Waals surface area contributed by atoms with Crippen LogP contribution in [-0.4, -0.2) is 32.1 Å². The van der Waals surface area contributed by atoms with Crippen LogP contribution in [0.25, 0.3) is 22.2 Å². The monoisotopic (exact) mass is 450 g/mol. The Morgan fingerprint density at radius 1 is 1.10 bits per heavy atom. The molecular weight excluding hydrogens is 431 g/mol. The lowest BCUT2D eigenvalue weighted by Gasteiger charge is -2.33. The maximum Gasteiger partial charge on any atom is 0.254 e. The van der Waals surface area contributed by atoms with E-state index < -0.39 is 0 Å². The molecule has 0 radical (unpaired) electrons. The summed E-state index contributed by atoms with van der Waals surface area (Å²) in [6.45, 7) is 2.65. The Morgan fingerprint density at radius 2 is 1.94 bits per heavy atom. The maximum absolute atomic E-state index is 13.3. The summed E-state index contributed by atoms with van der Waals surface area (Å²) in [4.78, 5) is 19.6. The first-order chi connectivity index (χ1) is 14.9. The number of aromatic nitrogens is 3. The lowest BCUT2D eigenvalue weighted by atomic mass is 9.95. The van der Waals surface area contributed by atoms with Gasteiger partial charge in [-0.2, -0.15) is 5.10 Å². The Bertz CT molecular complexity index is 1330. The summed E-state index contributed by atoms with van der Waals surface area (Å²) in [5, 5.41) is 6.77. The summed E-state index contributed by atoms with van der Waals surface area (Å²) in [5.41, 5.74) is 5.61. The quantitative estimate of drug-likeness (QED) is 0.393. The maximum atomic E-state index is 13.3. The van der Waals surface area contributed by atoms with Crippen molar-refractivity contribution < 1.29 is 4.79 Å². The van der Waals surface area contributed by atoms with Crippen molar-refractivity contribution in [2.75, 3.05) is 6.54 Å². The topological polar surface area (TPSA) is 51.0 Å². The highest BCUT2D eigenvalue weighted by Crippen LogP contribution is 2.37. The molecule has 2 aromatic carbocycles. The number of pyridine rings is 1. The average Bonchev–Trinajstić information content (AvgIpc) is 3.12. The Hall–Kier alpha value is -2.89. The number of halogens is 2. The molecule has 156 valence electrons. The molecule has 1 atom stereocenters. The zero-order chi connectivity index (χ0) is 21.7. The van der Waals surface area contributed by atoms with Gasteiger partial charge in [-0.25, -0.2) is 0 Å². The summed E-state index contributed by atoms with van der Waals surface area (Å²) in [6.07, 6.45) is 2.48. The number of aryl methyl sites for hydroxylation is 1. The van der Waals surface area contributed by atoms with Gasteiger partial charge >= 0.3 is 0 Å². The molecule has 4 aromatic rings. The van der Waals surface area contributed by atoms with E-state index in [1.807, 2.05) is 66.0 Å². The van der Waals surface area contributed by atoms with Crippen LogP contribution in [0.2, 0.25) is 10.0 Å². The molecule has 1 aliphatic rings. The third-order valence-electron chi connectivity index (χ3n) is 5.95. The van der Waals surface area contributed by atoms with Gasteiger partial charge in [-0.05, 0) is 49.7 Å². The Morgan fingerprint density at radius 3 is 2.74 bits per heavy atom. The van der Waals surface area contributed by atoms with E-state index in [-0.39, 0.29) is 11.9 Å². The molecule has 1 amide bonds. The van der Waals surface area contributed by atoms with Crippen molar-refractivity contribution >= 4 is 40.0 Å². The van der Waals surface area contributed by atoms with Crippen molar-refractivity contribution in [3.05, 3.63) is 81.6 Å². The molecule has 0 aliphatic carbocycles. The number of hydrogen-bond donors (Lipinski definition) is 0. The van der Waals surface area contributed by atoms with Crippen molar-refractivity contribution in [1.82, 2.24) is 19.7 Å². The van der Waals surface area contributed by atoms with E-state index in [0.29, 0.717) is 22.2 Å². The SMILES string of the molecule is C[C@H]1c2nn(C)c(-c3ccc(Cl)c(Cl)c3)c2CCN1C(=O)c1ccc2ncccc2c1. The predicted octanol–water partition coefficient (Wildman–Crippen LogP) is 5.70. The molecule has 0 N–H and O–H groups in total. The fraction of sp³-hybridized carbons (Fsp3) is 0.208. The molecule has 3 heterocycles. The Labute approximate surface area is 190 Å². The van der Waals surface area contributed by atoms with Crippen LogP contribution in [0.15, 0.2) is 54.7 Å². The van der Waals surface area contributed by atoms with Crippen LogP contribution >= 0.6 is 23.2 Å². The molecule has 0 spiro atoms. The van der Waals surface area contributed by atoms with Crippen LogP contribution in [0.4, 0.5) is 0 Å². The lowest BCUT2D eigenvalue weighted by molar-refractivity contribution is 0.0674. The van der Waals surface area contributed by atoms with Crippen LogP contribution in [0, 0.1) is 0 Å². The van der Waals surface area contributed by atoms with Gasteiger partial charge in [-0.15, -0.1) is 0 Å². The van der Waals surface area contributed by atoms with Gasteiger partial charge in [0.25, 0.3) is 5.91 Å². The normalized spacial score (nSPS) is 15.9. The van der Waals surface area contributed by atoms with Gasteiger partial charge in [0.1, 0.15) is 0 Å². The number of amides is 1. The minimum atomic E-state index is -0.136. The van der Waals surface area contributed by atoms with E-state index in [9.17, 15) is 4.79 Å². The minimum absolute atomic E-state index is 0.00523. The fourth-order valence-electron chi connectivity index (χ4n) is 4.40. The number of nitrogens with zero attached hydrogens (tertiary/aromatic N) is 4. The van der Waals surface area contributed by atoms with Gasteiger partial charge in [0, 0.05) is 41.9 Å². The second-order valence-corrected chi connectivity index (χ2v) is 8.61. The highest BCUT2D eigenvalue weighted by molar-refractivity contribution is 6.42. The van der Waals surface area contributed by atoms with Crippen molar-refractivity contribution in [1.29, 1.82) is 0 Å². The number of carbonyl (C=O) groups is 1. The first-order valence-corrected chi connectivity index (χ1v) is 10.9. The molecule has 5 rings (SSSR count). The van der Waals surface area contributed by atoms with Gasteiger partial charge in [0.2, 0.25) is 0 Å². The van der Waals surface area contributed by atoms with E-state index >= 15 is 0 Å². The van der Waals surface area contributed by atoms with Crippen LogP contribution in [0.1, 0.15) is 34.6 Å². The summed E-state index contributed by atoms with van der Waals surface area (Å²) in [5.74, 6) is 0.00523. The first-order valence-electron chi connectivity index (χ1n) is 10.1. The van der Waals surface area contributed by atoms with Gasteiger partial charge in [0.15, 0.2) is 0 Å².